The molecule has 0 amide bonds. The average molecular weight is 252 g/mol. The molecular formula is C6H5IO3. The normalized spacial score (nSPS) is 9.80. The van der Waals surface area contributed by atoms with Gasteiger partial charge >= 0.3 is 5.97 Å². The van der Waals surface area contributed by atoms with Gasteiger partial charge in [0.1, 0.15) is 5.76 Å². The number of aromatic carboxylic acids is 1. The van der Waals surface area contributed by atoms with Crippen LogP contribution in [0.3, 0.4) is 0 Å². The van der Waals surface area contributed by atoms with Crippen molar-refractivity contribution in [3.63, 3.8) is 0 Å². The standard InChI is InChI=1S/C6H5IO3/c1-3-4(7)2-5(10-3)6(8)9/h2H,1H3,(H,8,9). The Bertz CT molecular complexity index is 244. The van der Waals surface area contributed by atoms with Crippen LogP contribution in [0.15, 0.2) is 10.5 Å². The zero-order valence-corrected chi connectivity index (χ0v) is 7.38. The van der Waals surface area contributed by atoms with E-state index < -0.39 is 5.97 Å². The van der Waals surface area contributed by atoms with E-state index in [4.69, 9.17) is 9.52 Å². The number of furan rings is 1. The first-order chi connectivity index (χ1) is 4.61. The number of hydrogen-bond acceptors (Lipinski definition) is 2. The van der Waals surface area contributed by atoms with Gasteiger partial charge < -0.3 is 9.52 Å². The van der Waals surface area contributed by atoms with Crippen molar-refractivity contribution in [3.05, 3.63) is 21.2 Å². The molecule has 54 valence electrons. The molecule has 1 heterocycles. The van der Waals surface area contributed by atoms with Gasteiger partial charge in [-0.25, -0.2) is 4.79 Å². The number of carboxylic acid groups (broad SMARTS) is 1. The summed E-state index contributed by atoms with van der Waals surface area (Å²) in [5.74, 6) is -0.370. The molecule has 3 nitrogen and oxygen atoms in total. The summed E-state index contributed by atoms with van der Waals surface area (Å²) in [6.45, 7) is 1.73. The fraction of sp³-hybridized carbons (Fsp3) is 0.167. The van der Waals surface area contributed by atoms with Gasteiger partial charge in [-0.1, -0.05) is 0 Å². The minimum Gasteiger partial charge on any atom is -0.475 e. The van der Waals surface area contributed by atoms with Crippen molar-refractivity contribution in [1.29, 1.82) is 0 Å². The second-order valence-corrected chi connectivity index (χ2v) is 2.98. The molecule has 0 bridgehead atoms. The lowest BCUT2D eigenvalue weighted by Gasteiger charge is -1.82. The van der Waals surface area contributed by atoms with Crippen molar-refractivity contribution in [1.82, 2.24) is 0 Å². The first-order valence-electron chi connectivity index (χ1n) is 2.60. The molecule has 1 N–H and O–H groups in total. The van der Waals surface area contributed by atoms with Gasteiger partial charge in [-0.15, -0.1) is 0 Å². The molecule has 0 atom stereocenters. The number of hydrogen-bond donors (Lipinski definition) is 1. The second kappa shape index (κ2) is 2.61. The van der Waals surface area contributed by atoms with Crippen LogP contribution in [-0.2, 0) is 0 Å². The summed E-state index contributed by atoms with van der Waals surface area (Å²) in [5.41, 5.74) is 0. The predicted molar refractivity (Wildman–Crippen MR) is 43.1 cm³/mol. The Labute approximate surface area is 71.2 Å². The second-order valence-electron chi connectivity index (χ2n) is 1.82. The minimum atomic E-state index is -1.02. The van der Waals surface area contributed by atoms with Crippen molar-refractivity contribution in [2.75, 3.05) is 0 Å². The lowest BCUT2D eigenvalue weighted by molar-refractivity contribution is 0.0661. The van der Waals surface area contributed by atoms with Crippen LogP contribution in [0.1, 0.15) is 16.3 Å². The highest BCUT2D eigenvalue weighted by molar-refractivity contribution is 14.1. The predicted octanol–water partition coefficient (Wildman–Crippen LogP) is 1.89. The third-order valence-corrected chi connectivity index (χ3v) is 2.14. The number of halogens is 1. The van der Waals surface area contributed by atoms with E-state index in [2.05, 4.69) is 0 Å². The van der Waals surface area contributed by atoms with Crippen molar-refractivity contribution in [2.24, 2.45) is 0 Å². The van der Waals surface area contributed by atoms with E-state index in [-0.39, 0.29) is 5.76 Å². The van der Waals surface area contributed by atoms with E-state index in [1.165, 1.54) is 6.07 Å². The van der Waals surface area contributed by atoms with Gasteiger partial charge in [0.25, 0.3) is 0 Å². The number of carboxylic acids is 1. The van der Waals surface area contributed by atoms with Gasteiger partial charge in [-0.2, -0.15) is 0 Å². The first-order valence-corrected chi connectivity index (χ1v) is 3.68. The Balaban J connectivity index is 3.10. The maximum Gasteiger partial charge on any atom is 0.371 e. The highest BCUT2D eigenvalue weighted by Gasteiger charge is 2.10. The summed E-state index contributed by atoms with van der Waals surface area (Å²) in [4.78, 5) is 10.3. The Morgan fingerprint density at radius 2 is 2.40 bits per heavy atom. The SMILES string of the molecule is Cc1oc(C(=O)O)cc1I. The maximum absolute atomic E-state index is 10.3. The summed E-state index contributed by atoms with van der Waals surface area (Å²) in [6, 6.07) is 1.50. The van der Waals surface area contributed by atoms with E-state index in [9.17, 15) is 4.79 Å². The lowest BCUT2D eigenvalue weighted by atomic mass is 10.4. The molecule has 0 saturated carbocycles. The zero-order chi connectivity index (χ0) is 7.72. The quantitative estimate of drug-likeness (QED) is 0.776. The van der Waals surface area contributed by atoms with E-state index in [0.29, 0.717) is 5.76 Å². The van der Waals surface area contributed by atoms with Crippen LogP contribution in [0, 0.1) is 10.5 Å². The Morgan fingerprint density at radius 3 is 2.60 bits per heavy atom. The molecule has 0 aliphatic heterocycles. The fourth-order valence-electron chi connectivity index (χ4n) is 0.565. The van der Waals surface area contributed by atoms with Gasteiger partial charge in [-0.05, 0) is 29.5 Å². The number of carbonyl (C=O) groups is 1. The van der Waals surface area contributed by atoms with Crippen LogP contribution in [0.25, 0.3) is 0 Å². The molecule has 0 aromatic carbocycles. The van der Waals surface area contributed by atoms with Gasteiger partial charge in [0.15, 0.2) is 0 Å². The molecule has 0 aliphatic carbocycles. The van der Waals surface area contributed by atoms with Crippen LogP contribution in [0.4, 0.5) is 0 Å². The largest absolute Gasteiger partial charge is 0.475 e. The van der Waals surface area contributed by atoms with Crippen LogP contribution >= 0.6 is 22.6 Å². The molecule has 4 heteroatoms. The number of aryl methyl sites for hydroxylation is 1. The molecule has 1 rings (SSSR count). The third-order valence-electron chi connectivity index (χ3n) is 1.07. The minimum absolute atomic E-state index is 0.00176. The van der Waals surface area contributed by atoms with Crippen molar-refractivity contribution >= 4 is 28.6 Å². The van der Waals surface area contributed by atoms with Gasteiger partial charge in [0, 0.05) is 6.07 Å². The van der Waals surface area contributed by atoms with Crippen molar-refractivity contribution in [3.8, 4) is 0 Å². The summed E-state index contributed by atoms with van der Waals surface area (Å²) in [5, 5.41) is 8.43. The van der Waals surface area contributed by atoms with Gasteiger partial charge in [-0.3, -0.25) is 0 Å². The molecule has 10 heavy (non-hydrogen) atoms. The molecule has 1 aromatic heterocycles. The highest BCUT2D eigenvalue weighted by atomic mass is 127. The highest BCUT2D eigenvalue weighted by Crippen LogP contribution is 2.15. The van der Waals surface area contributed by atoms with Gasteiger partial charge in [0.05, 0.1) is 3.57 Å². The van der Waals surface area contributed by atoms with Gasteiger partial charge in [0.2, 0.25) is 5.76 Å². The Hall–Kier alpha value is -0.520. The summed E-state index contributed by atoms with van der Waals surface area (Å²) in [7, 11) is 0. The fourth-order valence-corrected chi connectivity index (χ4v) is 0.958. The monoisotopic (exact) mass is 252 g/mol. The van der Waals surface area contributed by atoms with E-state index in [1.54, 1.807) is 6.92 Å². The smallest absolute Gasteiger partial charge is 0.371 e. The van der Waals surface area contributed by atoms with Crippen molar-refractivity contribution < 1.29 is 14.3 Å². The van der Waals surface area contributed by atoms with Crippen LogP contribution in [0.5, 0.6) is 0 Å². The molecule has 0 saturated heterocycles. The molecule has 0 unspecified atom stereocenters. The van der Waals surface area contributed by atoms with Crippen LogP contribution in [0.2, 0.25) is 0 Å². The summed E-state index contributed by atoms with van der Waals surface area (Å²) < 4.78 is 5.71. The van der Waals surface area contributed by atoms with E-state index >= 15 is 0 Å². The Kier molecular flexibility index (Phi) is 1.98. The molecule has 0 fully saturated rings. The number of rotatable bonds is 1. The van der Waals surface area contributed by atoms with Crippen molar-refractivity contribution in [2.45, 2.75) is 6.92 Å². The van der Waals surface area contributed by atoms with E-state index in [0.717, 1.165) is 3.57 Å². The average Bonchev–Trinajstić information content (AvgIpc) is 2.13. The molecular weight excluding hydrogens is 247 g/mol. The lowest BCUT2D eigenvalue weighted by Crippen LogP contribution is -1.91. The topological polar surface area (TPSA) is 50.4 Å². The maximum atomic E-state index is 10.3. The molecule has 1 aromatic rings. The molecule has 0 spiro atoms. The summed E-state index contributed by atoms with van der Waals surface area (Å²) in [6.07, 6.45) is 0. The van der Waals surface area contributed by atoms with Crippen LogP contribution in [-0.4, -0.2) is 11.1 Å². The van der Waals surface area contributed by atoms with Crippen LogP contribution < -0.4 is 0 Å². The summed E-state index contributed by atoms with van der Waals surface area (Å²) >= 11 is 2.02. The van der Waals surface area contributed by atoms with E-state index in [1.807, 2.05) is 22.6 Å². The zero-order valence-electron chi connectivity index (χ0n) is 5.22. The third kappa shape index (κ3) is 1.31. The Morgan fingerprint density at radius 1 is 1.80 bits per heavy atom. The first kappa shape index (κ1) is 7.59. The molecule has 0 aliphatic rings. The molecule has 0 radical (unpaired) electrons.